The Morgan fingerprint density at radius 2 is 1.32 bits per heavy atom. The van der Waals surface area contributed by atoms with Crippen LogP contribution in [-0.4, -0.2) is 52.4 Å². The topological polar surface area (TPSA) is 27.7 Å². The Kier molecular flexibility index (Phi) is 7.97. The molecular weight excluding hydrogens is 304 g/mol. The van der Waals surface area contributed by atoms with Gasteiger partial charge in [0.15, 0.2) is 17.4 Å². The Labute approximate surface area is 125 Å². The fourth-order valence-corrected chi connectivity index (χ4v) is 10.4. The summed E-state index contributed by atoms with van der Waals surface area (Å²) in [5, 5.41) is 0. The van der Waals surface area contributed by atoms with Crippen molar-refractivity contribution < 1.29 is 13.3 Å². The zero-order valence-electron chi connectivity index (χ0n) is 14.4. The van der Waals surface area contributed by atoms with Crippen LogP contribution in [0.25, 0.3) is 0 Å². The first kappa shape index (κ1) is 19.7. The molecule has 0 bridgehead atoms. The van der Waals surface area contributed by atoms with Crippen LogP contribution in [0.3, 0.4) is 0 Å². The minimum atomic E-state index is -1.67. The van der Waals surface area contributed by atoms with E-state index in [1.807, 2.05) is 0 Å². The monoisotopic (exact) mass is 338 g/mol. The third-order valence-electron chi connectivity index (χ3n) is 2.36. The second-order valence-electron chi connectivity index (χ2n) is 8.15. The van der Waals surface area contributed by atoms with Crippen molar-refractivity contribution in [3.63, 3.8) is 0 Å². The summed E-state index contributed by atoms with van der Waals surface area (Å²) < 4.78 is 18.2. The number of hydrogen-bond acceptors (Lipinski definition) is 3. The summed E-state index contributed by atoms with van der Waals surface area (Å²) >= 11 is 0. The number of hydrogen-bond donors (Lipinski definition) is 0. The van der Waals surface area contributed by atoms with Crippen molar-refractivity contribution in [2.75, 3.05) is 18.7 Å². The standard InChI is InChI=1S/C12H34O3Si4/c1-16(13-11-17(2,3)4)10-14-19(8,9)12-15-18(5,6)7/h16H,10-12H2,1-9H3. The molecule has 7 heteroatoms. The van der Waals surface area contributed by atoms with Gasteiger partial charge in [0.05, 0.1) is 20.5 Å². The first-order valence-electron chi connectivity index (χ1n) is 7.20. The summed E-state index contributed by atoms with van der Waals surface area (Å²) in [7, 11) is -5.35. The largest absolute Gasteiger partial charge is 0.421 e. The fraction of sp³-hybridized carbons (Fsp3) is 1.00. The van der Waals surface area contributed by atoms with Crippen molar-refractivity contribution in [3.8, 4) is 0 Å². The van der Waals surface area contributed by atoms with E-state index in [1.54, 1.807) is 0 Å². The summed E-state index contributed by atoms with van der Waals surface area (Å²) in [4.78, 5) is 0. The number of rotatable bonds is 9. The maximum absolute atomic E-state index is 6.14. The minimum absolute atomic E-state index is 0.817. The molecule has 0 fully saturated rings. The highest BCUT2D eigenvalue weighted by Gasteiger charge is 2.28. The Bertz CT molecular complexity index is 259. The summed E-state index contributed by atoms with van der Waals surface area (Å²) in [5.41, 5.74) is 0. The summed E-state index contributed by atoms with van der Waals surface area (Å²) in [6.07, 6.45) is 2.62. The maximum atomic E-state index is 6.14. The van der Waals surface area contributed by atoms with E-state index in [0.717, 1.165) is 18.7 Å². The lowest BCUT2D eigenvalue weighted by molar-refractivity contribution is 0.282. The van der Waals surface area contributed by atoms with Gasteiger partial charge in [-0.15, -0.1) is 0 Å². The second-order valence-corrected chi connectivity index (χ2v) is 24.5. The van der Waals surface area contributed by atoms with Gasteiger partial charge in [0, 0.05) is 6.23 Å². The Morgan fingerprint density at radius 3 is 1.74 bits per heavy atom. The van der Waals surface area contributed by atoms with Crippen molar-refractivity contribution in [1.82, 2.24) is 0 Å². The van der Waals surface area contributed by atoms with E-state index in [0.29, 0.717) is 0 Å². The van der Waals surface area contributed by atoms with Crippen molar-refractivity contribution in [1.29, 1.82) is 0 Å². The molecule has 0 amide bonds. The highest BCUT2D eigenvalue weighted by atomic mass is 28.4. The van der Waals surface area contributed by atoms with Crippen molar-refractivity contribution in [2.24, 2.45) is 0 Å². The van der Waals surface area contributed by atoms with Crippen LogP contribution in [0.1, 0.15) is 0 Å². The van der Waals surface area contributed by atoms with Gasteiger partial charge >= 0.3 is 0 Å². The molecule has 1 atom stereocenters. The smallest absolute Gasteiger partial charge is 0.210 e. The average Bonchev–Trinajstić information content (AvgIpc) is 2.19. The molecule has 0 heterocycles. The fourth-order valence-electron chi connectivity index (χ4n) is 1.22. The van der Waals surface area contributed by atoms with Crippen LogP contribution >= 0.6 is 0 Å². The Morgan fingerprint density at radius 1 is 0.789 bits per heavy atom. The molecule has 0 aromatic rings. The molecule has 0 aliphatic heterocycles. The van der Waals surface area contributed by atoms with E-state index in [9.17, 15) is 0 Å². The van der Waals surface area contributed by atoms with Gasteiger partial charge in [-0.05, 0) is 39.3 Å². The summed E-state index contributed by atoms with van der Waals surface area (Å²) in [6.45, 7) is 20.4. The molecule has 0 rings (SSSR count). The van der Waals surface area contributed by atoms with E-state index in [1.165, 1.54) is 0 Å². The van der Waals surface area contributed by atoms with Crippen molar-refractivity contribution >= 4 is 33.7 Å². The van der Waals surface area contributed by atoms with Gasteiger partial charge in [-0.25, -0.2) is 0 Å². The summed E-state index contributed by atoms with van der Waals surface area (Å²) in [6, 6.07) is 0. The van der Waals surface area contributed by atoms with Crippen LogP contribution in [-0.2, 0) is 13.3 Å². The van der Waals surface area contributed by atoms with Gasteiger partial charge in [0.2, 0.25) is 8.32 Å². The second kappa shape index (κ2) is 7.67. The normalized spacial score (nSPS) is 15.6. The van der Waals surface area contributed by atoms with Gasteiger partial charge in [0.25, 0.3) is 0 Å². The molecule has 0 spiro atoms. The molecule has 19 heavy (non-hydrogen) atoms. The molecule has 0 N–H and O–H groups in total. The average molecular weight is 339 g/mol. The molecular formula is C12H34O3Si4. The van der Waals surface area contributed by atoms with Gasteiger partial charge in [-0.1, -0.05) is 19.6 Å². The van der Waals surface area contributed by atoms with E-state index >= 15 is 0 Å². The van der Waals surface area contributed by atoms with Gasteiger partial charge in [-0.2, -0.15) is 0 Å². The van der Waals surface area contributed by atoms with E-state index in [-0.39, 0.29) is 0 Å². The molecule has 0 aliphatic rings. The third-order valence-corrected chi connectivity index (χ3v) is 8.52. The van der Waals surface area contributed by atoms with E-state index < -0.39 is 33.7 Å². The Balaban J connectivity index is 3.96. The van der Waals surface area contributed by atoms with E-state index in [2.05, 4.69) is 58.9 Å². The zero-order valence-corrected chi connectivity index (χ0v) is 18.6. The highest BCUT2D eigenvalue weighted by molar-refractivity contribution is 6.77. The molecule has 3 nitrogen and oxygen atoms in total. The van der Waals surface area contributed by atoms with Crippen molar-refractivity contribution in [3.05, 3.63) is 0 Å². The quantitative estimate of drug-likeness (QED) is 0.603. The van der Waals surface area contributed by atoms with Gasteiger partial charge < -0.3 is 13.3 Å². The third kappa shape index (κ3) is 13.5. The predicted molar refractivity (Wildman–Crippen MR) is 95.0 cm³/mol. The molecule has 116 valence electrons. The van der Waals surface area contributed by atoms with E-state index in [4.69, 9.17) is 13.3 Å². The molecule has 0 aromatic heterocycles. The van der Waals surface area contributed by atoms with Crippen LogP contribution < -0.4 is 0 Å². The van der Waals surface area contributed by atoms with Crippen LogP contribution in [0.4, 0.5) is 0 Å². The molecule has 1 unspecified atom stereocenters. The highest BCUT2D eigenvalue weighted by Crippen LogP contribution is 2.11. The molecule has 0 radical (unpaired) electrons. The lowest BCUT2D eigenvalue weighted by Crippen LogP contribution is -2.44. The lowest BCUT2D eigenvalue weighted by atomic mass is 11.6. The van der Waals surface area contributed by atoms with Crippen LogP contribution in [0.15, 0.2) is 0 Å². The first-order chi connectivity index (χ1) is 8.31. The summed E-state index contributed by atoms with van der Waals surface area (Å²) in [5.74, 6) is 0. The SMILES string of the molecule is C[SiH](CO[Si](C)(C)CO[Si](C)(C)C)OC[Si](C)(C)C. The molecule has 0 saturated carbocycles. The minimum Gasteiger partial charge on any atom is -0.421 e. The lowest BCUT2D eigenvalue weighted by Gasteiger charge is -2.28. The van der Waals surface area contributed by atoms with Crippen LogP contribution in [0.5, 0.6) is 0 Å². The molecule has 0 aliphatic carbocycles. The van der Waals surface area contributed by atoms with Gasteiger partial charge in [-0.3, -0.25) is 0 Å². The Hall–Kier alpha value is 0.748. The van der Waals surface area contributed by atoms with Gasteiger partial charge in [0.1, 0.15) is 0 Å². The zero-order chi connectivity index (χ0) is 15.3. The first-order valence-corrected chi connectivity index (χ1v) is 19.9. The molecule has 0 aromatic carbocycles. The van der Waals surface area contributed by atoms with Crippen LogP contribution in [0, 0.1) is 0 Å². The predicted octanol–water partition coefficient (Wildman–Crippen LogP) is 3.39. The maximum Gasteiger partial charge on any atom is 0.210 e. The van der Waals surface area contributed by atoms with Crippen LogP contribution in [0.2, 0.25) is 58.9 Å². The van der Waals surface area contributed by atoms with Crippen molar-refractivity contribution in [2.45, 2.75) is 58.9 Å². The molecule has 0 saturated heterocycles.